The molecule has 7 fully saturated rings. The van der Waals surface area contributed by atoms with Crippen LogP contribution in [0.1, 0.15) is 478 Å². The second kappa shape index (κ2) is 101. The van der Waals surface area contributed by atoms with E-state index in [-0.39, 0.29) is 10.8 Å². The van der Waals surface area contributed by atoms with Gasteiger partial charge in [-0.25, -0.2) is 0 Å². The zero-order valence-electron chi connectivity index (χ0n) is 101. The summed E-state index contributed by atoms with van der Waals surface area (Å²) in [6, 6.07) is 31.6. The lowest BCUT2D eigenvalue weighted by Crippen LogP contribution is -2.42. The molecule has 10 heteroatoms. The van der Waals surface area contributed by atoms with Gasteiger partial charge in [0.2, 0.25) is 18.6 Å². The lowest BCUT2D eigenvalue weighted by Gasteiger charge is -2.32. The van der Waals surface area contributed by atoms with E-state index in [1.807, 2.05) is 194 Å². The highest BCUT2D eigenvalue weighted by atomic mass is 16.7. The Kier molecular flexibility index (Phi) is 112. The minimum Gasteiger partial charge on any atom is -0.454 e. The number of carbonyl (C=O) groups is 2. The summed E-state index contributed by atoms with van der Waals surface area (Å²) in [6.07, 6.45) is 31.6. The van der Waals surface area contributed by atoms with Crippen molar-refractivity contribution in [1.29, 1.82) is 0 Å². The van der Waals surface area contributed by atoms with Crippen LogP contribution in [-0.2, 0) is 43.7 Å². The van der Waals surface area contributed by atoms with Crippen LogP contribution in [-0.4, -0.2) is 111 Å². The van der Waals surface area contributed by atoms with Gasteiger partial charge < -0.3 is 28.7 Å². The molecule has 0 spiro atoms. The van der Waals surface area contributed by atoms with Gasteiger partial charge in [0.05, 0.1) is 26.4 Å². The van der Waals surface area contributed by atoms with Crippen molar-refractivity contribution in [2.75, 3.05) is 79.0 Å². The van der Waals surface area contributed by atoms with Crippen molar-refractivity contribution in [3.63, 3.8) is 0 Å². The third-order valence-electron chi connectivity index (χ3n) is 23.7. The number of rotatable bonds is 23. The first-order valence-electron chi connectivity index (χ1n) is 57.1. The lowest BCUT2D eigenvalue weighted by atomic mass is 9.75. The predicted molar refractivity (Wildman–Crippen MR) is 613 cm³/mol. The number of likely N-dealkylation sites (tertiary alicyclic amines) is 1. The Morgan fingerprint density at radius 2 is 0.674 bits per heavy atom. The number of hydrogen-bond donors (Lipinski definition) is 0. The summed E-state index contributed by atoms with van der Waals surface area (Å²) < 4.78 is 20.8. The van der Waals surface area contributed by atoms with E-state index in [4.69, 9.17) is 18.9 Å². The van der Waals surface area contributed by atoms with E-state index < -0.39 is 0 Å². The Morgan fingerprint density at radius 1 is 0.333 bits per heavy atom. The molecular weight excluding hydrogens is 1650 g/mol. The average Bonchev–Trinajstić information content (AvgIpc) is 1.55. The first-order valence-corrected chi connectivity index (χ1v) is 57.1. The highest BCUT2D eigenvalue weighted by Crippen LogP contribution is 2.37. The molecule has 3 saturated carbocycles. The van der Waals surface area contributed by atoms with E-state index in [1.165, 1.54) is 144 Å². The van der Waals surface area contributed by atoms with E-state index in [1.54, 1.807) is 0 Å². The molecule has 12 rings (SSSR count). The molecule has 3 aromatic carbocycles. The molecule has 802 valence electrons. The van der Waals surface area contributed by atoms with Crippen LogP contribution in [0.25, 0.3) is 0 Å². The van der Waals surface area contributed by atoms with Crippen LogP contribution in [0, 0.1) is 99.6 Å². The minimum atomic E-state index is -0.190. The maximum Gasteiger partial charge on any atom is 0.231 e. The summed E-state index contributed by atoms with van der Waals surface area (Å²) in [4.78, 5) is 34.0. The largest absolute Gasteiger partial charge is 0.454 e. The summed E-state index contributed by atoms with van der Waals surface area (Å²) in [5, 5.41) is 0. The van der Waals surface area contributed by atoms with Crippen LogP contribution < -0.4 is 9.47 Å². The minimum absolute atomic E-state index is 0.170. The van der Waals surface area contributed by atoms with Crippen LogP contribution >= 0.6 is 0 Å². The van der Waals surface area contributed by atoms with Crippen LogP contribution in [0.5, 0.6) is 11.5 Å². The van der Waals surface area contributed by atoms with Crippen molar-refractivity contribution in [1.82, 2.24) is 19.7 Å². The zero-order valence-corrected chi connectivity index (χ0v) is 101. The Labute approximate surface area is 850 Å². The topological polar surface area (TPSA) is 93.4 Å². The fourth-order valence-electron chi connectivity index (χ4n) is 14.2. The molecule has 4 saturated heterocycles. The Bertz CT molecular complexity index is 2890. The first-order chi connectivity index (χ1) is 64.2. The third kappa shape index (κ3) is 85.7. The number of morpholine rings is 1. The first kappa shape index (κ1) is 150. The van der Waals surface area contributed by atoms with Crippen molar-refractivity contribution < 1.29 is 28.5 Å². The summed E-state index contributed by atoms with van der Waals surface area (Å²) in [6.45, 7) is 118. The van der Waals surface area contributed by atoms with E-state index in [0.717, 1.165) is 155 Å². The zero-order chi connectivity index (χ0) is 107. The molecule has 6 heterocycles. The van der Waals surface area contributed by atoms with Gasteiger partial charge in [-0.2, -0.15) is 0 Å². The second-order valence-electron chi connectivity index (χ2n) is 40.4. The molecule has 4 aromatic rings. The smallest absolute Gasteiger partial charge is 0.231 e. The number of amides is 2. The predicted octanol–water partition coefficient (Wildman–Crippen LogP) is 38.4. The number of carbonyl (C=O) groups excluding carboxylic acids is 2. The van der Waals surface area contributed by atoms with Crippen molar-refractivity contribution >= 4 is 11.8 Å². The van der Waals surface area contributed by atoms with Gasteiger partial charge in [0.25, 0.3) is 0 Å². The molecule has 5 aliphatic heterocycles. The molecule has 135 heavy (non-hydrogen) atoms. The molecule has 3 aliphatic carbocycles. The highest BCUT2D eigenvalue weighted by Gasteiger charge is 2.39. The molecule has 2 amide bonds. The van der Waals surface area contributed by atoms with Crippen LogP contribution in [0.3, 0.4) is 0 Å². The fourth-order valence-corrected chi connectivity index (χ4v) is 14.2. The highest BCUT2D eigenvalue weighted by molar-refractivity contribution is 5.84. The molecule has 0 unspecified atom stereocenters. The van der Waals surface area contributed by atoms with Gasteiger partial charge in [-0.1, -0.05) is 477 Å². The summed E-state index contributed by atoms with van der Waals surface area (Å²) in [5.41, 5.74) is 5.50. The van der Waals surface area contributed by atoms with E-state index in [0.29, 0.717) is 47.7 Å². The summed E-state index contributed by atoms with van der Waals surface area (Å²) in [5.74, 6) is 14.8. The second-order valence-corrected chi connectivity index (χ2v) is 40.4. The molecule has 0 N–H and O–H groups in total. The molecule has 10 nitrogen and oxygen atoms in total. The number of pyridine rings is 1. The Hall–Kier alpha value is -4.77. The van der Waals surface area contributed by atoms with Gasteiger partial charge in [-0.05, 0) is 206 Å². The molecule has 8 aliphatic rings. The number of fused-ring (bicyclic) bond motifs is 1. The monoisotopic (exact) mass is 1900 g/mol. The van der Waals surface area contributed by atoms with E-state index in [2.05, 4.69) is 275 Å². The molecule has 1 aromatic heterocycles. The van der Waals surface area contributed by atoms with Crippen LogP contribution in [0.4, 0.5) is 0 Å². The summed E-state index contributed by atoms with van der Waals surface area (Å²) >= 11 is 0. The number of nitrogens with zero attached hydrogens (tertiary/aromatic N) is 4. The van der Waals surface area contributed by atoms with Crippen LogP contribution in [0.2, 0.25) is 0 Å². The molecular formula is C125H246N4O6. The number of benzene rings is 3. The van der Waals surface area contributed by atoms with E-state index >= 15 is 0 Å². The molecule has 0 atom stereocenters. The van der Waals surface area contributed by atoms with Crippen molar-refractivity contribution in [2.45, 2.75) is 480 Å². The van der Waals surface area contributed by atoms with Crippen LogP contribution in [0.15, 0.2) is 103 Å². The maximum absolute atomic E-state index is 12.0. The standard InChI is InChI=1S/C12H18.C11H21NO.C11H14O2.C10H20.C10H14.C9H17NO.C9H19NO.C9H13N.C8H16.C7H14O.C7H14.11C2H6/c1-10(2)12(3,4)11-8-6-5-7-9-11;1-9(2)11(3,4)10(13)12-7-5-6-8-12;1-8(2)5-9-3-4-10-11(6-9)13-7-12-10;2*1-9(2)8-10-6-4-3-5-7-10;1-7(2)9(3,4)8(11)10-5-6-10;1-9(2)3-4-10-5-7-11-8-6-10;1-8(2)7-9-3-5-10-6-4-9;1-7(2)6-8-4-3-5-8;1-6(2)3-7-4-8-5-7;1-6(2)5-7-3-4-7;11*1-2/h5-10H,1-4H3;9H,5-8H2,1-4H3;3-4,6,8H,5,7H2,1-2H3;9-10H,3-8H2,1-2H3;3-7,9H,8H2,1-2H3;7H,5-6H2,1-4H3;9H,3-8H2,1-2H3;3-6,8H,7H2,1-2H3;7-8H,3-6H2,1-2H3;6-7H,3-5H2,1-2H3;6-7H,3-5H2,1-2H3;11*1-2H3. The number of ether oxygens (including phenoxy) is 4. The van der Waals surface area contributed by atoms with Gasteiger partial charge in [0.15, 0.2) is 11.5 Å². The van der Waals surface area contributed by atoms with E-state index in [9.17, 15) is 9.59 Å². The van der Waals surface area contributed by atoms with Gasteiger partial charge in [-0.3, -0.25) is 19.5 Å². The normalized spacial score (nSPS) is 14.6. The van der Waals surface area contributed by atoms with Gasteiger partial charge in [0, 0.05) is 68.4 Å². The van der Waals surface area contributed by atoms with Gasteiger partial charge >= 0.3 is 0 Å². The third-order valence-corrected chi connectivity index (χ3v) is 23.7. The molecule has 0 bridgehead atoms. The van der Waals surface area contributed by atoms with Crippen molar-refractivity contribution in [3.05, 3.63) is 126 Å². The number of aromatic nitrogens is 1. The SMILES string of the molecule is CC.CC.CC.CC.CC.CC.CC.CC.CC.CC.CC.CC(C)C(C)(C)C(=O)N1CC1.CC(C)C(C)(C)C(=O)N1CCCC1.CC(C)C(C)(C)c1ccccc1.CC(C)CC1CC1.CC(C)CC1CCC1.CC(C)CC1CCCCC1.CC(C)CC1COC1.CC(C)CCN1CCOCC1.CC(C)Cc1ccc2c(c1)OCO2.CC(C)Cc1ccccc1.CC(C)Cc1ccncc1. The van der Waals surface area contributed by atoms with Gasteiger partial charge in [-0.15, -0.1) is 0 Å². The Morgan fingerprint density at radius 3 is 0.985 bits per heavy atom. The maximum atomic E-state index is 12.0. The Balaban J connectivity index is -0.000000156. The van der Waals surface area contributed by atoms with Gasteiger partial charge in [0.1, 0.15) is 0 Å². The van der Waals surface area contributed by atoms with Crippen molar-refractivity contribution in [3.8, 4) is 11.5 Å². The quantitative estimate of drug-likeness (QED) is 0.0678. The lowest BCUT2D eigenvalue weighted by molar-refractivity contribution is -0.141. The van der Waals surface area contributed by atoms with Crippen molar-refractivity contribution in [2.24, 2.45) is 99.6 Å². The number of hydrogen-bond acceptors (Lipinski definition) is 8. The molecule has 0 radical (unpaired) electrons. The summed E-state index contributed by atoms with van der Waals surface area (Å²) in [7, 11) is 0. The average molecular weight is 1900 g/mol. The fraction of sp³-hybridized carbons (Fsp3) is 0.800.